The van der Waals surface area contributed by atoms with E-state index in [0.29, 0.717) is 17.8 Å². The summed E-state index contributed by atoms with van der Waals surface area (Å²) >= 11 is 0. The number of nitrogen functional groups attached to an aromatic ring is 1. The molecule has 0 spiro atoms. The van der Waals surface area contributed by atoms with Gasteiger partial charge in [0.2, 0.25) is 0 Å². The number of aromatic nitrogens is 3. The molecule has 1 aromatic heterocycles. The second-order valence-corrected chi connectivity index (χ2v) is 4.52. The van der Waals surface area contributed by atoms with E-state index in [-0.39, 0.29) is 5.69 Å². The molecule has 0 fully saturated rings. The van der Waals surface area contributed by atoms with Gasteiger partial charge in [-0.2, -0.15) is 5.10 Å². The van der Waals surface area contributed by atoms with E-state index in [4.69, 9.17) is 5.84 Å². The molecule has 8 heteroatoms. The minimum atomic E-state index is -0.460. The molecule has 2 aromatic rings. The SMILES string of the molecule is CCc1nc(CC)n(Cc2cccc([N+](=O)[O-])c2NN)n1. The third kappa shape index (κ3) is 3.00. The second kappa shape index (κ2) is 6.31. The summed E-state index contributed by atoms with van der Waals surface area (Å²) in [6.45, 7) is 4.37. The molecule has 0 unspecified atom stereocenters. The largest absolute Gasteiger partial charge is 0.318 e. The van der Waals surface area contributed by atoms with Crippen LogP contribution in [0.3, 0.4) is 0 Å². The molecule has 0 saturated heterocycles. The van der Waals surface area contributed by atoms with Gasteiger partial charge in [0.15, 0.2) is 5.82 Å². The van der Waals surface area contributed by atoms with Crippen LogP contribution in [0.25, 0.3) is 0 Å². The van der Waals surface area contributed by atoms with Crippen LogP contribution in [-0.4, -0.2) is 19.7 Å². The Hall–Kier alpha value is -2.48. The number of aryl methyl sites for hydroxylation is 2. The van der Waals surface area contributed by atoms with Crippen molar-refractivity contribution in [2.24, 2.45) is 5.84 Å². The van der Waals surface area contributed by atoms with Crippen molar-refractivity contribution in [2.45, 2.75) is 33.2 Å². The van der Waals surface area contributed by atoms with E-state index in [2.05, 4.69) is 15.5 Å². The Morgan fingerprint density at radius 3 is 2.71 bits per heavy atom. The van der Waals surface area contributed by atoms with Gasteiger partial charge in [0.05, 0.1) is 11.5 Å². The van der Waals surface area contributed by atoms with Crippen molar-refractivity contribution in [1.82, 2.24) is 14.8 Å². The van der Waals surface area contributed by atoms with Gasteiger partial charge in [0.25, 0.3) is 5.69 Å². The average Bonchev–Trinajstić information content (AvgIpc) is 2.89. The standard InChI is InChI=1S/C13H18N6O2/c1-3-11-15-12(4-2)18(17-11)8-9-6-5-7-10(19(20)21)13(9)16-14/h5-7,16H,3-4,8,14H2,1-2H3. The van der Waals surface area contributed by atoms with E-state index in [1.807, 2.05) is 13.8 Å². The predicted molar refractivity (Wildman–Crippen MR) is 78.8 cm³/mol. The number of nitro benzene ring substituents is 1. The highest BCUT2D eigenvalue weighted by atomic mass is 16.6. The second-order valence-electron chi connectivity index (χ2n) is 4.52. The number of nitro groups is 1. The summed E-state index contributed by atoms with van der Waals surface area (Å²) in [5.41, 5.74) is 3.38. The number of hydrazine groups is 1. The van der Waals surface area contributed by atoms with E-state index in [9.17, 15) is 10.1 Å². The number of nitrogens with one attached hydrogen (secondary N) is 1. The molecule has 0 aliphatic carbocycles. The molecule has 21 heavy (non-hydrogen) atoms. The van der Waals surface area contributed by atoms with Gasteiger partial charge in [-0.25, -0.2) is 9.67 Å². The predicted octanol–water partition coefficient (Wildman–Crippen LogP) is 1.64. The summed E-state index contributed by atoms with van der Waals surface area (Å²) in [5.74, 6) is 7.06. The smallest absolute Gasteiger partial charge is 0.293 e. The van der Waals surface area contributed by atoms with E-state index >= 15 is 0 Å². The van der Waals surface area contributed by atoms with Gasteiger partial charge in [-0.3, -0.25) is 16.0 Å². The monoisotopic (exact) mass is 290 g/mol. The number of hydrogen-bond donors (Lipinski definition) is 2. The lowest BCUT2D eigenvalue weighted by molar-refractivity contribution is -0.384. The third-order valence-electron chi connectivity index (χ3n) is 3.21. The number of anilines is 1. The van der Waals surface area contributed by atoms with Crippen LogP contribution in [0.1, 0.15) is 31.1 Å². The van der Waals surface area contributed by atoms with Crippen LogP contribution in [0.4, 0.5) is 11.4 Å². The number of benzene rings is 1. The van der Waals surface area contributed by atoms with Crippen LogP contribution < -0.4 is 11.3 Å². The normalized spacial score (nSPS) is 10.6. The van der Waals surface area contributed by atoms with Gasteiger partial charge < -0.3 is 5.43 Å². The zero-order valence-electron chi connectivity index (χ0n) is 12.0. The Morgan fingerprint density at radius 1 is 1.38 bits per heavy atom. The van der Waals surface area contributed by atoms with Crippen LogP contribution >= 0.6 is 0 Å². The van der Waals surface area contributed by atoms with Gasteiger partial charge in [-0.05, 0) is 0 Å². The van der Waals surface area contributed by atoms with Crippen LogP contribution in [0.5, 0.6) is 0 Å². The molecule has 3 N–H and O–H groups in total. The molecule has 0 radical (unpaired) electrons. The summed E-state index contributed by atoms with van der Waals surface area (Å²) in [5, 5.41) is 15.4. The molecule has 0 bridgehead atoms. The molecule has 0 amide bonds. The number of nitrogens with two attached hydrogens (primary N) is 1. The fourth-order valence-corrected chi connectivity index (χ4v) is 2.16. The Balaban J connectivity index is 2.42. The Bertz CT molecular complexity index is 652. The topological polar surface area (TPSA) is 112 Å². The molecular formula is C13H18N6O2. The van der Waals surface area contributed by atoms with Crippen LogP contribution in [0.15, 0.2) is 18.2 Å². The van der Waals surface area contributed by atoms with Gasteiger partial charge in [0.1, 0.15) is 11.5 Å². The van der Waals surface area contributed by atoms with Crippen molar-refractivity contribution in [1.29, 1.82) is 0 Å². The quantitative estimate of drug-likeness (QED) is 0.475. The number of nitrogens with zero attached hydrogens (tertiary/aromatic N) is 4. The summed E-state index contributed by atoms with van der Waals surface area (Å²) in [6, 6.07) is 4.84. The van der Waals surface area contributed by atoms with Crippen molar-refractivity contribution >= 4 is 11.4 Å². The average molecular weight is 290 g/mol. The van der Waals surface area contributed by atoms with E-state index < -0.39 is 4.92 Å². The maximum absolute atomic E-state index is 11.0. The molecule has 0 saturated carbocycles. The summed E-state index contributed by atoms with van der Waals surface area (Å²) in [4.78, 5) is 15.0. The van der Waals surface area contributed by atoms with Gasteiger partial charge in [0, 0.05) is 24.5 Å². The highest BCUT2D eigenvalue weighted by Crippen LogP contribution is 2.28. The molecule has 1 aromatic carbocycles. The van der Waals surface area contributed by atoms with Gasteiger partial charge in [-0.15, -0.1) is 0 Å². The van der Waals surface area contributed by atoms with Crippen molar-refractivity contribution < 1.29 is 4.92 Å². The number of rotatable bonds is 6. The fourth-order valence-electron chi connectivity index (χ4n) is 2.16. The minimum absolute atomic E-state index is 0.0520. The maximum Gasteiger partial charge on any atom is 0.293 e. The Morgan fingerprint density at radius 2 is 2.14 bits per heavy atom. The maximum atomic E-state index is 11.0. The van der Waals surface area contributed by atoms with Crippen LogP contribution in [0, 0.1) is 10.1 Å². The molecule has 0 aliphatic heterocycles. The molecule has 0 aliphatic rings. The minimum Gasteiger partial charge on any atom is -0.318 e. The highest BCUT2D eigenvalue weighted by Gasteiger charge is 2.18. The fraction of sp³-hybridized carbons (Fsp3) is 0.385. The molecule has 112 valence electrons. The summed E-state index contributed by atoms with van der Waals surface area (Å²) < 4.78 is 1.76. The highest BCUT2D eigenvalue weighted by molar-refractivity contribution is 5.65. The lowest BCUT2D eigenvalue weighted by Gasteiger charge is -2.10. The van der Waals surface area contributed by atoms with E-state index in [1.54, 1.807) is 16.8 Å². The van der Waals surface area contributed by atoms with E-state index in [0.717, 1.165) is 24.5 Å². The molecule has 2 rings (SSSR count). The Labute approximate surface area is 122 Å². The van der Waals surface area contributed by atoms with Gasteiger partial charge >= 0.3 is 0 Å². The summed E-state index contributed by atoms with van der Waals surface area (Å²) in [6.07, 6.45) is 1.49. The van der Waals surface area contributed by atoms with Crippen molar-refractivity contribution in [3.63, 3.8) is 0 Å². The number of para-hydroxylation sites is 1. The van der Waals surface area contributed by atoms with Crippen molar-refractivity contribution in [3.05, 3.63) is 45.5 Å². The lowest BCUT2D eigenvalue weighted by Crippen LogP contribution is -2.14. The molecule has 1 heterocycles. The first-order valence-corrected chi connectivity index (χ1v) is 6.76. The Kier molecular flexibility index (Phi) is 4.49. The summed E-state index contributed by atoms with van der Waals surface area (Å²) in [7, 11) is 0. The zero-order chi connectivity index (χ0) is 15.4. The number of hydrogen-bond acceptors (Lipinski definition) is 6. The lowest BCUT2D eigenvalue weighted by atomic mass is 10.1. The molecular weight excluding hydrogens is 272 g/mol. The van der Waals surface area contributed by atoms with Crippen molar-refractivity contribution in [3.8, 4) is 0 Å². The third-order valence-corrected chi connectivity index (χ3v) is 3.21. The zero-order valence-corrected chi connectivity index (χ0v) is 12.0. The first-order chi connectivity index (χ1) is 10.1. The molecule has 0 atom stereocenters. The molecule has 8 nitrogen and oxygen atoms in total. The first kappa shape index (κ1) is 14.9. The van der Waals surface area contributed by atoms with Crippen LogP contribution in [-0.2, 0) is 19.4 Å². The van der Waals surface area contributed by atoms with E-state index in [1.165, 1.54) is 6.07 Å². The van der Waals surface area contributed by atoms with Gasteiger partial charge in [-0.1, -0.05) is 26.0 Å². The first-order valence-electron chi connectivity index (χ1n) is 6.76. The van der Waals surface area contributed by atoms with Crippen LogP contribution in [0.2, 0.25) is 0 Å². The van der Waals surface area contributed by atoms with Crippen molar-refractivity contribution in [2.75, 3.05) is 5.43 Å².